The first-order valence-electron chi connectivity index (χ1n) is 9.74. The highest BCUT2D eigenvalue weighted by atomic mass is 19.4. The lowest BCUT2D eigenvalue weighted by molar-refractivity contribution is -0.218. The van der Waals surface area contributed by atoms with Crippen molar-refractivity contribution in [1.29, 1.82) is 0 Å². The summed E-state index contributed by atoms with van der Waals surface area (Å²) in [4.78, 5) is 24.7. The quantitative estimate of drug-likeness (QED) is 0.637. The topological polar surface area (TPSA) is 96.3 Å². The molecule has 1 aliphatic carbocycles. The number of carboxylic acid groups (broad SMARTS) is 1. The summed E-state index contributed by atoms with van der Waals surface area (Å²) in [5.74, 6) is -1.72. The van der Waals surface area contributed by atoms with Gasteiger partial charge in [-0.25, -0.2) is 9.59 Å². The van der Waals surface area contributed by atoms with Crippen LogP contribution in [0.15, 0.2) is 48.5 Å². The van der Waals surface area contributed by atoms with E-state index in [4.69, 9.17) is 9.84 Å². The SMILES string of the molecule is CN(C(=O)OCC1c2ccccc2-c2ccccc21)[C@@H](COCC(O)C(F)(F)F)C(=O)O. The molecule has 0 bridgehead atoms. The van der Waals surface area contributed by atoms with Crippen LogP contribution in [0, 0.1) is 0 Å². The first kappa shape index (κ1) is 23.6. The Hall–Kier alpha value is -3.11. The molecule has 0 saturated heterocycles. The highest BCUT2D eigenvalue weighted by Gasteiger charge is 2.39. The van der Waals surface area contributed by atoms with E-state index >= 15 is 0 Å². The summed E-state index contributed by atoms with van der Waals surface area (Å²) in [5.41, 5.74) is 4.00. The van der Waals surface area contributed by atoms with Crippen LogP contribution >= 0.6 is 0 Å². The van der Waals surface area contributed by atoms with Crippen molar-refractivity contribution < 1.29 is 42.4 Å². The van der Waals surface area contributed by atoms with Gasteiger partial charge in [-0.3, -0.25) is 4.90 Å². The largest absolute Gasteiger partial charge is 0.480 e. The number of nitrogens with zero attached hydrogens (tertiary/aromatic N) is 1. The number of likely N-dealkylation sites (N-methyl/N-ethyl adjacent to an activating group) is 1. The Bertz CT molecular complexity index is 935. The van der Waals surface area contributed by atoms with Gasteiger partial charge in [-0.05, 0) is 22.3 Å². The number of ether oxygens (including phenoxy) is 2. The van der Waals surface area contributed by atoms with Crippen LogP contribution in [0.2, 0.25) is 0 Å². The zero-order valence-electron chi connectivity index (χ0n) is 17.1. The lowest BCUT2D eigenvalue weighted by Crippen LogP contribution is -2.46. The van der Waals surface area contributed by atoms with Gasteiger partial charge in [0.25, 0.3) is 0 Å². The third kappa shape index (κ3) is 5.03. The number of carbonyl (C=O) groups is 2. The predicted octanol–water partition coefficient (Wildman–Crippen LogP) is 3.26. The molecule has 2 aromatic carbocycles. The van der Waals surface area contributed by atoms with Gasteiger partial charge in [0.1, 0.15) is 6.61 Å². The van der Waals surface area contributed by atoms with Crippen molar-refractivity contribution >= 4 is 12.1 Å². The van der Waals surface area contributed by atoms with Crippen molar-refractivity contribution in [2.75, 3.05) is 26.9 Å². The number of benzene rings is 2. The molecular formula is C22H22F3NO6. The maximum absolute atomic E-state index is 12.5. The highest BCUT2D eigenvalue weighted by Crippen LogP contribution is 2.44. The first-order valence-corrected chi connectivity index (χ1v) is 9.74. The second-order valence-electron chi connectivity index (χ2n) is 7.36. The Morgan fingerprint density at radius 2 is 1.56 bits per heavy atom. The van der Waals surface area contributed by atoms with Crippen LogP contribution < -0.4 is 0 Å². The second kappa shape index (κ2) is 9.58. The van der Waals surface area contributed by atoms with E-state index in [1.807, 2.05) is 48.5 Å². The average Bonchev–Trinajstić information content (AvgIpc) is 3.07. The number of alkyl halides is 3. The predicted molar refractivity (Wildman–Crippen MR) is 107 cm³/mol. The molecule has 0 spiro atoms. The number of hydrogen-bond acceptors (Lipinski definition) is 5. The molecule has 32 heavy (non-hydrogen) atoms. The van der Waals surface area contributed by atoms with Crippen LogP contribution in [-0.2, 0) is 14.3 Å². The van der Waals surface area contributed by atoms with E-state index in [9.17, 15) is 27.9 Å². The molecule has 1 amide bonds. The zero-order chi connectivity index (χ0) is 23.5. The molecule has 1 aliphatic rings. The molecule has 1 unspecified atom stereocenters. The average molecular weight is 453 g/mol. The monoisotopic (exact) mass is 453 g/mol. The minimum Gasteiger partial charge on any atom is -0.480 e. The van der Waals surface area contributed by atoms with Gasteiger partial charge < -0.3 is 19.7 Å². The van der Waals surface area contributed by atoms with E-state index in [-0.39, 0.29) is 12.5 Å². The minimum absolute atomic E-state index is 0.0445. The van der Waals surface area contributed by atoms with Gasteiger partial charge in [0.05, 0.1) is 13.2 Å². The van der Waals surface area contributed by atoms with Crippen molar-refractivity contribution in [3.05, 3.63) is 59.7 Å². The Morgan fingerprint density at radius 3 is 2.06 bits per heavy atom. The smallest absolute Gasteiger partial charge is 0.416 e. The van der Waals surface area contributed by atoms with Crippen molar-refractivity contribution in [3.63, 3.8) is 0 Å². The van der Waals surface area contributed by atoms with Crippen molar-refractivity contribution in [2.24, 2.45) is 0 Å². The van der Waals surface area contributed by atoms with Crippen molar-refractivity contribution in [2.45, 2.75) is 24.2 Å². The third-order valence-corrected chi connectivity index (χ3v) is 5.31. The molecule has 2 aromatic rings. The molecule has 2 atom stereocenters. The van der Waals surface area contributed by atoms with E-state index in [0.717, 1.165) is 34.2 Å². The Kier molecular flexibility index (Phi) is 7.05. The number of aliphatic hydroxyl groups is 1. The molecule has 7 nitrogen and oxygen atoms in total. The lowest BCUT2D eigenvalue weighted by Gasteiger charge is -2.25. The van der Waals surface area contributed by atoms with Gasteiger partial charge in [-0.2, -0.15) is 13.2 Å². The number of hydrogen-bond donors (Lipinski definition) is 2. The van der Waals surface area contributed by atoms with Gasteiger partial charge in [0.15, 0.2) is 12.1 Å². The number of halogens is 3. The summed E-state index contributed by atoms with van der Waals surface area (Å²) in [6, 6.07) is 13.8. The fourth-order valence-electron chi connectivity index (χ4n) is 3.56. The molecule has 10 heteroatoms. The molecule has 0 aromatic heterocycles. The summed E-state index contributed by atoms with van der Waals surface area (Å²) in [7, 11) is 1.15. The number of aliphatic hydroxyl groups excluding tert-OH is 1. The van der Waals surface area contributed by atoms with Gasteiger partial charge >= 0.3 is 18.2 Å². The summed E-state index contributed by atoms with van der Waals surface area (Å²) >= 11 is 0. The Balaban J connectivity index is 1.63. The van der Waals surface area contributed by atoms with Crippen LogP contribution in [0.4, 0.5) is 18.0 Å². The molecule has 0 saturated carbocycles. The molecule has 3 rings (SSSR count). The van der Waals surface area contributed by atoms with Crippen LogP contribution in [-0.4, -0.2) is 72.4 Å². The maximum atomic E-state index is 12.5. The summed E-state index contributed by atoms with van der Waals surface area (Å²) in [6.45, 7) is -1.94. The molecule has 0 heterocycles. The fraction of sp³-hybridized carbons (Fsp3) is 0.364. The molecular weight excluding hydrogens is 431 g/mol. The number of carboxylic acids is 1. The van der Waals surface area contributed by atoms with Gasteiger partial charge in [-0.1, -0.05) is 48.5 Å². The zero-order valence-corrected chi connectivity index (χ0v) is 17.1. The highest BCUT2D eigenvalue weighted by molar-refractivity contribution is 5.81. The van der Waals surface area contributed by atoms with Crippen molar-refractivity contribution in [1.82, 2.24) is 4.90 Å². The molecule has 2 N–H and O–H groups in total. The lowest BCUT2D eigenvalue weighted by atomic mass is 9.98. The second-order valence-corrected chi connectivity index (χ2v) is 7.36. The van der Waals surface area contributed by atoms with E-state index in [1.165, 1.54) is 0 Å². The maximum Gasteiger partial charge on any atom is 0.416 e. The molecule has 172 valence electrons. The van der Waals surface area contributed by atoms with E-state index < -0.39 is 43.6 Å². The number of aliphatic carboxylic acids is 1. The van der Waals surface area contributed by atoms with Crippen LogP contribution in [0.1, 0.15) is 17.0 Å². The van der Waals surface area contributed by atoms with Crippen LogP contribution in [0.25, 0.3) is 11.1 Å². The number of rotatable bonds is 8. The van der Waals surface area contributed by atoms with E-state index in [0.29, 0.717) is 0 Å². The van der Waals surface area contributed by atoms with E-state index in [2.05, 4.69) is 4.74 Å². The van der Waals surface area contributed by atoms with Crippen LogP contribution in [0.3, 0.4) is 0 Å². The molecule has 0 radical (unpaired) electrons. The van der Waals surface area contributed by atoms with Gasteiger partial charge in [0, 0.05) is 13.0 Å². The Labute approximate surface area is 182 Å². The summed E-state index contributed by atoms with van der Waals surface area (Å²) < 4.78 is 47.1. The Morgan fingerprint density at radius 1 is 1.03 bits per heavy atom. The number of fused-ring (bicyclic) bond motifs is 3. The summed E-state index contributed by atoms with van der Waals surface area (Å²) in [6.07, 6.45) is -8.60. The van der Waals surface area contributed by atoms with E-state index in [1.54, 1.807) is 0 Å². The number of carbonyl (C=O) groups excluding carboxylic acids is 1. The van der Waals surface area contributed by atoms with Crippen LogP contribution in [0.5, 0.6) is 0 Å². The van der Waals surface area contributed by atoms with Gasteiger partial charge in [-0.15, -0.1) is 0 Å². The minimum atomic E-state index is -4.89. The standard InChI is InChI=1S/C22H22F3NO6/c1-26(18(20(28)29)11-31-12-19(27)22(23,24)25)21(30)32-10-17-15-8-4-2-6-13(15)14-7-3-5-9-16(14)17/h2-9,17-19,27H,10-12H2,1H3,(H,28,29)/t18-,19?/m0/s1. The summed E-state index contributed by atoms with van der Waals surface area (Å²) in [5, 5.41) is 18.3. The van der Waals surface area contributed by atoms with Crippen molar-refractivity contribution in [3.8, 4) is 11.1 Å². The molecule has 0 aliphatic heterocycles. The van der Waals surface area contributed by atoms with Gasteiger partial charge in [0.2, 0.25) is 0 Å². The third-order valence-electron chi connectivity index (χ3n) is 5.31. The first-order chi connectivity index (χ1) is 15.1. The number of amides is 1. The molecule has 0 fully saturated rings. The normalized spacial score (nSPS) is 14.9. The fourth-order valence-corrected chi connectivity index (χ4v) is 3.56.